The van der Waals surface area contributed by atoms with Crippen LogP contribution in [0.1, 0.15) is 182 Å². The quantitative estimate of drug-likeness (QED) is 0.0830. The number of benzene rings is 1. The minimum absolute atomic E-state index is 0.0359. The third kappa shape index (κ3) is 20.4. The molecule has 4 saturated heterocycles. The van der Waals surface area contributed by atoms with Crippen LogP contribution >= 0.6 is 23.5 Å². The maximum atomic E-state index is 13.2. The molecule has 0 saturated carbocycles. The van der Waals surface area contributed by atoms with E-state index in [2.05, 4.69) is 48.9 Å². The summed E-state index contributed by atoms with van der Waals surface area (Å²) in [4.78, 5) is 37.6. The van der Waals surface area contributed by atoms with E-state index >= 15 is 0 Å². The van der Waals surface area contributed by atoms with Crippen LogP contribution < -0.4 is 14.7 Å². The lowest BCUT2D eigenvalue weighted by molar-refractivity contribution is -0.237. The van der Waals surface area contributed by atoms with Crippen LogP contribution in [-0.2, 0) is 61.5 Å². The SMILES string of the molecule is CCCC(CCC)CCC1C(Cc2ccccc2)OC(CC)C1OP(=O)([O-])OC.[B]C1OC(CC)C2OP(=O)([O-])OCC3OC(C)C(CCC(CCC)CCCCC(CCC)CCC12)C3OP(=O)([O-])OC. The Hall–Kier alpha value is -0.505. The monoisotopic (exact) mass is 1060 g/mol. The Balaban J connectivity index is 0.000000330. The van der Waals surface area contributed by atoms with Gasteiger partial charge in [-0.2, -0.15) is 0 Å². The molecule has 0 aliphatic carbocycles. The molecule has 15 nitrogen and oxygen atoms in total. The van der Waals surface area contributed by atoms with Gasteiger partial charge in [0.15, 0.2) is 0 Å². The second-order valence-electron chi connectivity index (χ2n) is 20.7. The van der Waals surface area contributed by atoms with E-state index in [0.717, 1.165) is 97.7 Å². The van der Waals surface area contributed by atoms with Crippen molar-refractivity contribution in [2.45, 2.75) is 238 Å². The number of hydrogen-bond donors (Lipinski definition) is 0. The van der Waals surface area contributed by atoms with Crippen LogP contribution in [0.5, 0.6) is 0 Å². The summed E-state index contributed by atoms with van der Waals surface area (Å²) in [5.41, 5.74) is 1.20. The molecule has 1 aromatic rings. The van der Waals surface area contributed by atoms with E-state index in [-0.39, 0.29) is 36.1 Å². The van der Waals surface area contributed by atoms with Crippen molar-refractivity contribution in [3.8, 4) is 0 Å². The summed E-state index contributed by atoms with van der Waals surface area (Å²) in [6, 6.07) is 9.63. The van der Waals surface area contributed by atoms with Crippen LogP contribution in [0, 0.1) is 35.5 Å². The molecule has 0 aromatic heterocycles. The first-order valence-electron chi connectivity index (χ1n) is 27.4. The van der Waals surface area contributed by atoms with Crippen molar-refractivity contribution in [2.24, 2.45) is 35.5 Å². The van der Waals surface area contributed by atoms with E-state index in [1.54, 1.807) is 0 Å². The van der Waals surface area contributed by atoms with E-state index in [9.17, 15) is 28.4 Å². The van der Waals surface area contributed by atoms with Gasteiger partial charge in [-0.05, 0) is 81.6 Å². The molecule has 0 N–H and O–H groups in total. The van der Waals surface area contributed by atoms with Gasteiger partial charge in [-0.3, -0.25) is 13.7 Å². The summed E-state index contributed by atoms with van der Waals surface area (Å²) in [7, 11) is -5.23. The first kappa shape index (κ1) is 63.0. The lowest BCUT2D eigenvalue weighted by Crippen LogP contribution is -2.36. The van der Waals surface area contributed by atoms with E-state index in [4.69, 9.17) is 40.2 Å². The van der Waals surface area contributed by atoms with E-state index < -0.39 is 66.6 Å². The minimum atomic E-state index is -4.84. The lowest BCUT2D eigenvalue weighted by Gasteiger charge is -2.34. The number of rotatable bonds is 21. The number of ether oxygens (including phenoxy) is 3. The molecule has 4 heterocycles. The van der Waals surface area contributed by atoms with Crippen LogP contribution in [0.25, 0.3) is 0 Å². The normalized spacial score (nSPS) is 36.1. The zero-order chi connectivity index (χ0) is 52.2. The number of hydrogen-bond acceptors (Lipinski definition) is 15. The third-order valence-corrected chi connectivity index (χ3v) is 18.5. The molecular weight excluding hydrogens is 968 g/mol. The van der Waals surface area contributed by atoms with Crippen LogP contribution in [0.2, 0.25) is 0 Å². The smallest absolute Gasteiger partial charge is 0.268 e. The van der Waals surface area contributed by atoms with Gasteiger partial charge in [0.05, 0.1) is 49.3 Å². The molecule has 71 heavy (non-hydrogen) atoms. The van der Waals surface area contributed by atoms with Gasteiger partial charge in [0.1, 0.15) is 14.0 Å². The van der Waals surface area contributed by atoms with Crippen LogP contribution in [-0.4, -0.2) is 83.5 Å². The Morgan fingerprint density at radius 1 is 0.704 bits per heavy atom. The largest absolute Gasteiger partial charge is 0.756 e. The minimum Gasteiger partial charge on any atom is -0.756 e. The summed E-state index contributed by atoms with van der Waals surface area (Å²) in [5, 5.41) is 0. The van der Waals surface area contributed by atoms with Crippen molar-refractivity contribution >= 4 is 31.3 Å². The Labute approximate surface area is 429 Å². The highest BCUT2D eigenvalue weighted by Crippen LogP contribution is 2.51. The highest BCUT2D eigenvalue weighted by atomic mass is 31.2. The predicted octanol–water partition coefficient (Wildman–Crippen LogP) is 11.2. The second kappa shape index (κ2) is 31.7. The Morgan fingerprint density at radius 3 is 1.80 bits per heavy atom. The molecule has 1 aromatic carbocycles. The summed E-state index contributed by atoms with van der Waals surface area (Å²) in [6.07, 6.45) is 16.8. The first-order valence-corrected chi connectivity index (χ1v) is 31.7. The molecule has 4 aliphatic rings. The fourth-order valence-electron chi connectivity index (χ4n) is 11.9. The van der Waals surface area contributed by atoms with E-state index in [0.29, 0.717) is 43.4 Å². The van der Waals surface area contributed by atoms with Crippen molar-refractivity contribution in [3.05, 3.63) is 35.9 Å². The molecule has 4 aliphatic heterocycles. The topological polar surface area (TPSA) is 203 Å². The molecule has 5 rings (SSSR count). The van der Waals surface area contributed by atoms with Crippen LogP contribution in [0.4, 0.5) is 0 Å². The van der Waals surface area contributed by atoms with Gasteiger partial charge in [-0.25, -0.2) is 0 Å². The molecule has 4 fully saturated rings. The molecule has 2 radical (unpaired) electrons. The van der Waals surface area contributed by atoms with Gasteiger partial charge >= 0.3 is 0 Å². The lowest BCUT2D eigenvalue weighted by atomic mass is 9.79. The van der Waals surface area contributed by atoms with E-state index in [1.807, 2.05) is 39.0 Å². The van der Waals surface area contributed by atoms with Crippen molar-refractivity contribution in [1.29, 1.82) is 0 Å². The van der Waals surface area contributed by atoms with Crippen molar-refractivity contribution in [1.82, 2.24) is 0 Å². The number of phosphoric acid groups is 3. The van der Waals surface area contributed by atoms with Gasteiger partial charge in [0, 0.05) is 38.0 Å². The highest BCUT2D eigenvalue weighted by molar-refractivity contribution is 7.46. The summed E-state index contributed by atoms with van der Waals surface area (Å²) in [5.74, 6) is 1.21. The zero-order valence-corrected chi connectivity index (χ0v) is 47.3. The second-order valence-corrected chi connectivity index (χ2v) is 25.0. The van der Waals surface area contributed by atoms with Gasteiger partial charge in [-0.15, -0.1) is 0 Å². The number of fused-ring (bicyclic) bond motifs is 3. The summed E-state index contributed by atoms with van der Waals surface area (Å²) >= 11 is 0. The number of phosphoric ester groups is 3. The van der Waals surface area contributed by atoms with Crippen molar-refractivity contribution in [3.63, 3.8) is 0 Å². The van der Waals surface area contributed by atoms with Gasteiger partial charge in [0.2, 0.25) is 0 Å². The molecule has 2 bridgehead atoms. The Bertz CT molecular complexity index is 1760. The fraction of sp³-hybridized carbons (Fsp3) is 0.885. The molecule has 17 unspecified atom stereocenters. The maximum Gasteiger partial charge on any atom is 0.268 e. The van der Waals surface area contributed by atoms with Gasteiger partial charge in [0.25, 0.3) is 23.5 Å². The molecule has 410 valence electrons. The molecular formula is C52H91BO15P3-3. The Kier molecular flexibility index (Phi) is 28.1. The maximum absolute atomic E-state index is 13.2. The van der Waals surface area contributed by atoms with Gasteiger partial charge < -0.3 is 56.0 Å². The van der Waals surface area contributed by atoms with E-state index in [1.165, 1.54) is 31.2 Å². The van der Waals surface area contributed by atoms with Crippen molar-refractivity contribution in [2.75, 3.05) is 20.8 Å². The Morgan fingerprint density at radius 2 is 1.27 bits per heavy atom. The first-order chi connectivity index (χ1) is 33.9. The van der Waals surface area contributed by atoms with Crippen LogP contribution in [0.15, 0.2) is 30.3 Å². The molecule has 17 atom stereocenters. The average molecular weight is 1060 g/mol. The summed E-state index contributed by atoms with van der Waals surface area (Å²) < 4.78 is 87.2. The summed E-state index contributed by atoms with van der Waals surface area (Å²) in [6.45, 7) is 14.2. The molecule has 19 heteroatoms. The average Bonchev–Trinajstić information content (AvgIpc) is 3.93. The van der Waals surface area contributed by atoms with Gasteiger partial charge in [-0.1, -0.05) is 155 Å². The fourth-order valence-corrected chi connectivity index (χ4v) is 14.2. The predicted molar refractivity (Wildman–Crippen MR) is 272 cm³/mol. The molecule has 0 amide bonds. The molecule has 0 spiro atoms. The highest BCUT2D eigenvalue weighted by Gasteiger charge is 2.48. The standard InChI is InChI=1S/C29H55BO10P2.C23H39O5P/c1-6-11-21-13-9-10-14-22(12-7-2)16-18-24-28(25(8-3)38-29(24)30)40-42(33,34)36-19-26-27(39-41(31,32)35-5)23(17-15-21)20(4)37-26;1-5-11-18(12-6-2)15-16-20-22(17-19-13-9-8-10-14-19)27-21(7-3)23(20)28-29(24,25)26-4/h20-29H,6-19H2,1-5H3,(H,31,32)(H,33,34);8-10,13-14,18,20-23H,5-7,11-12,15-17H2,1-4H3,(H,24,25)/p-3. The zero-order valence-electron chi connectivity index (χ0n) is 44.6. The third-order valence-electron chi connectivity index (χ3n) is 15.6. The van der Waals surface area contributed by atoms with Crippen LogP contribution in [0.3, 0.4) is 0 Å². The van der Waals surface area contributed by atoms with Crippen molar-refractivity contribution < 1.29 is 69.7 Å².